The molecule has 114 valence electrons. The highest BCUT2D eigenvalue weighted by Crippen LogP contribution is 2.22. The van der Waals surface area contributed by atoms with Crippen molar-refractivity contribution >= 4 is 11.8 Å². The van der Waals surface area contributed by atoms with Gasteiger partial charge < -0.3 is 5.32 Å². The lowest BCUT2D eigenvalue weighted by molar-refractivity contribution is 0.989. The fourth-order valence-corrected chi connectivity index (χ4v) is 2.59. The van der Waals surface area contributed by atoms with E-state index in [1.165, 1.54) is 16.7 Å². The minimum atomic E-state index is 0.137. The van der Waals surface area contributed by atoms with Gasteiger partial charge in [0.1, 0.15) is 0 Å². The van der Waals surface area contributed by atoms with E-state index >= 15 is 0 Å². The first-order valence-corrected chi connectivity index (χ1v) is 7.93. The average molecular weight is 299 g/mol. The molecule has 0 aliphatic carbocycles. The van der Waals surface area contributed by atoms with Gasteiger partial charge in [0, 0.05) is 5.69 Å². The van der Waals surface area contributed by atoms with Gasteiger partial charge in [-0.15, -0.1) is 0 Å². The van der Waals surface area contributed by atoms with Gasteiger partial charge >= 0.3 is 0 Å². The molecule has 1 unspecified atom stereocenters. The van der Waals surface area contributed by atoms with E-state index in [-0.39, 0.29) is 6.04 Å². The van der Waals surface area contributed by atoms with Gasteiger partial charge in [0.25, 0.3) is 0 Å². The van der Waals surface area contributed by atoms with Crippen LogP contribution in [0.3, 0.4) is 0 Å². The van der Waals surface area contributed by atoms with Crippen LogP contribution in [-0.4, -0.2) is 0 Å². The first-order chi connectivity index (χ1) is 11.3. The minimum absolute atomic E-state index is 0.137. The first-order valence-electron chi connectivity index (χ1n) is 7.93. The lowest BCUT2D eigenvalue weighted by Gasteiger charge is -2.17. The van der Waals surface area contributed by atoms with E-state index in [0.717, 1.165) is 5.69 Å². The largest absolute Gasteiger partial charge is 0.375 e. The van der Waals surface area contributed by atoms with Crippen LogP contribution in [0.1, 0.15) is 22.7 Å². The summed E-state index contributed by atoms with van der Waals surface area (Å²) in [5.41, 5.74) is 4.85. The van der Waals surface area contributed by atoms with Crippen molar-refractivity contribution < 1.29 is 0 Å². The number of hydrogen-bond donors (Lipinski definition) is 1. The summed E-state index contributed by atoms with van der Waals surface area (Å²) in [5.74, 6) is 0. The van der Waals surface area contributed by atoms with Gasteiger partial charge in [0.05, 0.1) is 6.04 Å². The molecule has 0 spiro atoms. The van der Waals surface area contributed by atoms with Crippen LogP contribution in [-0.2, 0) is 0 Å². The van der Waals surface area contributed by atoms with Crippen LogP contribution >= 0.6 is 0 Å². The maximum Gasteiger partial charge on any atom is 0.0701 e. The molecular weight excluding hydrogens is 278 g/mol. The summed E-state index contributed by atoms with van der Waals surface area (Å²) in [6.07, 6.45) is 4.38. The summed E-state index contributed by atoms with van der Waals surface area (Å²) in [5, 5.41) is 3.62. The van der Waals surface area contributed by atoms with Gasteiger partial charge in [0.2, 0.25) is 0 Å². The van der Waals surface area contributed by atoms with E-state index < -0.39 is 0 Å². The number of anilines is 1. The van der Waals surface area contributed by atoms with E-state index in [4.69, 9.17) is 0 Å². The van der Waals surface area contributed by atoms with Crippen LogP contribution in [0.25, 0.3) is 6.08 Å². The zero-order chi connectivity index (χ0) is 15.9. The van der Waals surface area contributed by atoms with E-state index in [9.17, 15) is 0 Å². The number of benzene rings is 3. The molecule has 0 saturated carbocycles. The van der Waals surface area contributed by atoms with Crippen LogP contribution < -0.4 is 5.32 Å². The molecule has 0 bridgehead atoms. The SMILES string of the molecule is Cc1cccc(NC(C=Cc2ccccc2)c2ccccc2)c1. The summed E-state index contributed by atoms with van der Waals surface area (Å²) in [7, 11) is 0. The van der Waals surface area contributed by atoms with Gasteiger partial charge in [-0.1, -0.05) is 84.9 Å². The van der Waals surface area contributed by atoms with Crippen molar-refractivity contribution in [2.75, 3.05) is 5.32 Å². The number of rotatable bonds is 5. The Bertz CT molecular complexity index is 760. The first kappa shape index (κ1) is 15.1. The maximum absolute atomic E-state index is 3.62. The highest BCUT2D eigenvalue weighted by atomic mass is 14.9. The molecule has 0 saturated heterocycles. The molecule has 3 aromatic rings. The molecule has 1 N–H and O–H groups in total. The molecule has 1 atom stereocenters. The summed E-state index contributed by atoms with van der Waals surface area (Å²) in [6.45, 7) is 2.11. The van der Waals surface area contributed by atoms with Crippen molar-refractivity contribution in [2.24, 2.45) is 0 Å². The Morgan fingerprint density at radius 3 is 2.17 bits per heavy atom. The molecule has 0 radical (unpaired) electrons. The van der Waals surface area contributed by atoms with Crippen molar-refractivity contribution in [3.8, 4) is 0 Å². The predicted octanol–water partition coefficient (Wildman–Crippen LogP) is 5.86. The predicted molar refractivity (Wildman–Crippen MR) is 99.5 cm³/mol. The molecule has 3 aromatic carbocycles. The van der Waals surface area contributed by atoms with E-state index in [1.54, 1.807) is 0 Å². The highest BCUT2D eigenvalue weighted by Gasteiger charge is 2.07. The normalized spacial score (nSPS) is 12.2. The molecule has 1 nitrogen and oxygen atoms in total. The number of nitrogens with one attached hydrogen (secondary N) is 1. The van der Waals surface area contributed by atoms with Crippen LogP contribution in [0.4, 0.5) is 5.69 Å². The van der Waals surface area contributed by atoms with Crippen molar-refractivity contribution in [3.05, 3.63) is 108 Å². The Labute approximate surface area is 138 Å². The fourth-order valence-electron chi connectivity index (χ4n) is 2.59. The number of hydrogen-bond acceptors (Lipinski definition) is 1. The van der Waals surface area contributed by atoms with Crippen molar-refractivity contribution in [2.45, 2.75) is 13.0 Å². The van der Waals surface area contributed by atoms with Crippen molar-refractivity contribution in [1.82, 2.24) is 0 Å². The Hall–Kier alpha value is -2.80. The summed E-state index contributed by atoms with van der Waals surface area (Å²) in [4.78, 5) is 0. The maximum atomic E-state index is 3.62. The Balaban J connectivity index is 1.86. The average Bonchev–Trinajstić information content (AvgIpc) is 2.60. The molecule has 0 heterocycles. The second kappa shape index (κ2) is 7.46. The Kier molecular flexibility index (Phi) is 4.90. The minimum Gasteiger partial charge on any atom is -0.375 e. The summed E-state index contributed by atoms with van der Waals surface area (Å²) >= 11 is 0. The topological polar surface area (TPSA) is 12.0 Å². The van der Waals surface area contributed by atoms with E-state index in [2.05, 4.69) is 97.2 Å². The van der Waals surface area contributed by atoms with Crippen LogP contribution in [0.5, 0.6) is 0 Å². The quantitative estimate of drug-likeness (QED) is 0.622. The van der Waals surface area contributed by atoms with Crippen molar-refractivity contribution in [1.29, 1.82) is 0 Å². The second-order valence-electron chi connectivity index (χ2n) is 5.67. The van der Waals surface area contributed by atoms with Gasteiger partial charge in [-0.05, 0) is 35.7 Å². The molecule has 0 amide bonds. The van der Waals surface area contributed by atoms with Crippen LogP contribution in [0.2, 0.25) is 0 Å². The zero-order valence-electron chi connectivity index (χ0n) is 13.3. The summed E-state index contributed by atoms with van der Waals surface area (Å²) < 4.78 is 0. The Morgan fingerprint density at radius 1 is 0.783 bits per heavy atom. The standard InChI is InChI=1S/C22H21N/c1-18-9-8-14-21(17-18)23-22(20-12-6-3-7-13-20)16-15-19-10-4-2-5-11-19/h2-17,22-23H,1H3. The van der Waals surface area contributed by atoms with Crippen LogP contribution in [0.15, 0.2) is 91.0 Å². The lowest BCUT2D eigenvalue weighted by Crippen LogP contribution is -2.08. The van der Waals surface area contributed by atoms with E-state index in [1.807, 2.05) is 12.1 Å². The molecule has 1 heteroatoms. The molecule has 3 rings (SSSR count). The molecule has 0 aliphatic heterocycles. The fraction of sp³-hybridized carbons (Fsp3) is 0.0909. The molecule has 0 aromatic heterocycles. The smallest absolute Gasteiger partial charge is 0.0701 e. The highest BCUT2D eigenvalue weighted by molar-refractivity contribution is 5.54. The zero-order valence-corrected chi connectivity index (χ0v) is 13.3. The molecule has 0 fully saturated rings. The third-order valence-electron chi connectivity index (χ3n) is 3.78. The monoisotopic (exact) mass is 299 g/mol. The Morgan fingerprint density at radius 2 is 1.48 bits per heavy atom. The lowest BCUT2D eigenvalue weighted by atomic mass is 10.0. The van der Waals surface area contributed by atoms with Gasteiger partial charge in [-0.2, -0.15) is 0 Å². The van der Waals surface area contributed by atoms with Gasteiger partial charge in [-0.3, -0.25) is 0 Å². The third-order valence-corrected chi connectivity index (χ3v) is 3.78. The molecule has 23 heavy (non-hydrogen) atoms. The van der Waals surface area contributed by atoms with Gasteiger partial charge in [0.15, 0.2) is 0 Å². The van der Waals surface area contributed by atoms with Crippen LogP contribution in [0, 0.1) is 6.92 Å². The number of aryl methyl sites for hydroxylation is 1. The van der Waals surface area contributed by atoms with Crippen molar-refractivity contribution in [3.63, 3.8) is 0 Å². The van der Waals surface area contributed by atoms with E-state index in [0.29, 0.717) is 0 Å². The third kappa shape index (κ3) is 4.33. The molecular formula is C22H21N. The summed E-state index contributed by atoms with van der Waals surface area (Å²) in [6, 6.07) is 29.5. The molecule has 0 aliphatic rings. The van der Waals surface area contributed by atoms with Gasteiger partial charge in [-0.25, -0.2) is 0 Å². The second-order valence-corrected chi connectivity index (χ2v) is 5.67.